The summed E-state index contributed by atoms with van der Waals surface area (Å²) in [6.45, 7) is 3.84. The molecule has 0 aliphatic heterocycles. The molecule has 0 spiro atoms. The van der Waals surface area contributed by atoms with Gasteiger partial charge in [-0.1, -0.05) is 19.1 Å². The first-order valence-electron chi connectivity index (χ1n) is 5.79. The fourth-order valence-corrected chi connectivity index (χ4v) is 3.37. The second kappa shape index (κ2) is 4.57. The van der Waals surface area contributed by atoms with Gasteiger partial charge in [0.25, 0.3) is 0 Å². The van der Waals surface area contributed by atoms with Crippen molar-refractivity contribution in [3.05, 3.63) is 41.7 Å². The second-order valence-electron chi connectivity index (χ2n) is 4.26. The number of imidazole rings is 1. The predicted octanol–water partition coefficient (Wildman–Crippen LogP) is 2.12. The molecular weight excluding hydrogens is 248 g/mol. The van der Waals surface area contributed by atoms with E-state index < -0.39 is 9.84 Å². The van der Waals surface area contributed by atoms with E-state index in [4.69, 9.17) is 0 Å². The number of aromatic nitrogens is 2. The summed E-state index contributed by atoms with van der Waals surface area (Å²) >= 11 is 0. The molecule has 0 aliphatic carbocycles. The number of aryl methyl sites for hydroxylation is 2. The van der Waals surface area contributed by atoms with Crippen molar-refractivity contribution >= 4 is 9.84 Å². The summed E-state index contributed by atoms with van der Waals surface area (Å²) in [4.78, 5) is 4.33. The minimum Gasteiger partial charge on any atom is -0.322 e. The Hall–Kier alpha value is -1.62. The Kier molecular flexibility index (Phi) is 3.26. The zero-order valence-corrected chi connectivity index (χ0v) is 11.5. The van der Waals surface area contributed by atoms with Crippen LogP contribution < -0.4 is 0 Å². The highest BCUT2D eigenvalue weighted by Crippen LogP contribution is 2.21. The predicted molar refractivity (Wildman–Crippen MR) is 69.2 cm³/mol. The molecule has 1 aromatic heterocycles. The van der Waals surface area contributed by atoms with Crippen LogP contribution in [0.3, 0.4) is 0 Å². The third-order valence-electron chi connectivity index (χ3n) is 2.94. The molecule has 0 unspecified atom stereocenters. The highest BCUT2D eigenvalue weighted by molar-refractivity contribution is 7.91. The molecule has 4 nitrogen and oxygen atoms in total. The lowest BCUT2D eigenvalue weighted by Crippen LogP contribution is -2.10. The highest BCUT2D eigenvalue weighted by Gasteiger charge is 2.23. The average Bonchev–Trinajstić information content (AvgIpc) is 2.71. The van der Waals surface area contributed by atoms with Gasteiger partial charge in [-0.25, -0.2) is 13.4 Å². The SMILES string of the molecule is CCc1cnc(S(=O)(=O)c2cccc(C)c2)n1C. The summed E-state index contributed by atoms with van der Waals surface area (Å²) in [6.07, 6.45) is 2.37. The Morgan fingerprint density at radius 3 is 2.61 bits per heavy atom. The number of sulfone groups is 1. The molecule has 0 saturated heterocycles. The van der Waals surface area contributed by atoms with E-state index in [2.05, 4.69) is 4.98 Å². The van der Waals surface area contributed by atoms with Crippen LogP contribution in [0.25, 0.3) is 0 Å². The van der Waals surface area contributed by atoms with E-state index in [-0.39, 0.29) is 5.16 Å². The third kappa shape index (κ3) is 2.06. The fourth-order valence-electron chi connectivity index (χ4n) is 1.89. The molecular formula is C13H16N2O2S. The summed E-state index contributed by atoms with van der Waals surface area (Å²) in [5.74, 6) is 0. The van der Waals surface area contributed by atoms with Gasteiger partial charge >= 0.3 is 0 Å². The van der Waals surface area contributed by atoms with Gasteiger partial charge in [-0.05, 0) is 31.0 Å². The Morgan fingerprint density at radius 1 is 1.33 bits per heavy atom. The number of hydrogen-bond acceptors (Lipinski definition) is 3. The van der Waals surface area contributed by atoms with E-state index in [0.29, 0.717) is 4.90 Å². The third-order valence-corrected chi connectivity index (χ3v) is 4.68. The summed E-state index contributed by atoms with van der Waals surface area (Å²) < 4.78 is 26.5. The minimum atomic E-state index is -3.53. The molecule has 0 fully saturated rings. The standard InChI is InChI=1S/C13H16N2O2S/c1-4-11-9-14-13(15(11)3)18(16,17)12-7-5-6-10(2)8-12/h5-9H,4H2,1-3H3. The van der Waals surface area contributed by atoms with Crippen LogP contribution in [0.1, 0.15) is 18.2 Å². The van der Waals surface area contributed by atoms with Crippen molar-refractivity contribution in [2.24, 2.45) is 7.05 Å². The molecule has 0 atom stereocenters. The van der Waals surface area contributed by atoms with Crippen LogP contribution in [0, 0.1) is 6.92 Å². The molecule has 0 N–H and O–H groups in total. The molecule has 5 heteroatoms. The molecule has 1 heterocycles. The topological polar surface area (TPSA) is 52.0 Å². The van der Waals surface area contributed by atoms with Crippen molar-refractivity contribution in [2.75, 3.05) is 0 Å². The van der Waals surface area contributed by atoms with Gasteiger partial charge in [0.1, 0.15) is 0 Å². The van der Waals surface area contributed by atoms with Crippen LogP contribution in [0.15, 0.2) is 40.5 Å². The van der Waals surface area contributed by atoms with E-state index in [1.807, 2.05) is 19.9 Å². The van der Waals surface area contributed by atoms with Crippen molar-refractivity contribution < 1.29 is 8.42 Å². The molecule has 18 heavy (non-hydrogen) atoms. The van der Waals surface area contributed by atoms with Gasteiger partial charge < -0.3 is 4.57 Å². The lowest BCUT2D eigenvalue weighted by molar-refractivity contribution is 0.576. The Balaban J connectivity index is 2.58. The number of benzene rings is 1. The van der Waals surface area contributed by atoms with Crippen LogP contribution in [0.5, 0.6) is 0 Å². The van der Waals surface area contributed by atoms with Crippen LogP contribution in [-0.2, 0) is 23.3 Å². The number of hydrogen-bond donors (Lipinski definition) is 0. The lowest BCUT2D eigenvalue weighted by Gasteiger charge is -2.06. The van der Waals surface area contributed by atoms with Gasteiger partial charge in [0.05, 0.1) is 4.90 Å². The van der Waals surface area contributed by atoms with Gasteiger partial charge in [0, 0.05) is 18.9 Å². The fraction of sp³-hybridized carbons (Fsp3) is 0.308. The van der Waals surface area contributed by atoms with Crippen LogP contribution in [-0.4, -0.2) is 18.0 Å². The van der Waals surface area contributed by atoms with Crippen molar-refractivity contribution in [2.45, 2.75) is 30.3 Å². The Morgan fingerprint density at radius 2 is 2.06 bits per heavy atom. The molecule has 0 aliphatic rings. The molecule has 1 aromatic carbocycles. The normalized spacial score (nSPS) is 11.7. The summed E-state index contributed by atoms with van der Waals surface area (Å²) in [5, 5.41) is 0.102. The zero-order valence-electron chi connectivity index (χ0n) is 10.7. The van der Waals surface area contributed by atoms with Crippen LogP contribution >= 0.6 is 0 Å². The Labute approximate surface area is 107 Å². The largest absolute Gasteiger partial charge is 0.322 e. The van der Waals surface area contributed by atoms with Gasteiger partial charge in [0.2, 0.25) is 15.0 Å². The maximum Gasteiger partial charge on any atom is 0.240 e. The average molecular weight is 264 g/mol. The van der Waals surface area contributed by atoms with Crippen LogP contribution in [0.2, 0.25) is 0 Å². The number of rotatable bonds is 3. The summed E-state index contributed by atoms with van der Waals surface area (Å²) in [5.41, 5.74) is 1.82. The summed E-state index contributed by atoms with van der Waals surface area (Å²) in [7, 11) is -1.80. The maximum atomic E-state index is 12.5. The van der Waals surface area contributed by atoms with E-state index >= 15 is 0 Å². The molecule has 0 saturated carbocycles. The van der Waals surface area contributed by atoms with Crippen LogP contribution in [0.4, 0.5) is 0 Å². The highest BCUT2D eigenvalue weighted by atomic mass is 32.2. The minimum absolute atomic E-state index is 0.102. The zero-order chi connectivity index (χ0) is 13.3. The van der Waals surface area contributed by atoms with Crippen molar-refractivity contribution in [3.8, 4) is 0 Å². The first-order chi connectivity index (χ1) is 8.46. The van der Waals surface area contributed by atoms with E-state index in [9.17, 15) is 8.42 Å². The molecule has 96 valence electrons. The number of nitrogens with zero attached hydrogens (tertiary/aromatic N) is 2. The first-order valence-corrected chi connectivity index (χ1v) is 7.27. The van der Waals surface area contributed by atoms with Crippen molar-refractivity contribution in [1.82, 2.24) is 9.55 Å². The molecule has 0 radical (unpaired) electrons. The maximum absolute atomic E-state index is 12.5. The smallest absolute Gasteiger partial charge is 0.240 e. The van der Waals surface area contributed by atoms with E-state index in [0.717, 1.165) is 17.7 Å². The van der Waals surface area contributed by atoms with Gasteiger partial charge in [-0.3, -0.25) is 0 Å². The Bertz CT molecular complexity index is 672. The van der Waals surface area contributed by atoms with Crippen molar-refractivity contribution in [3.63, 3.8) is 0 Å². The van der Waals surface area contributed by atoms with Gasteiger partial charge in [-0.2, -0.15) is 0 Å². The summed E-state index contributed by atoms with van der Waals surface area (Å²) in [6, 6.07) is 6.87. The van der Waals surface area contributed by atoms with E-state index in [1.165, 1.54) is 0 Å². The molecule has 0 bridgehead atoms. The lowest BCUT2D eigenvalue weighted by atomic mass is 10.2. The second-order valence-corrected chi connectivity index (χ2v) is 6.11. The van der Waals surface area contributed by atoms with Crippen molar-refractivity contribution in [1.29, 1.82) is 0 Å². The molecule has 0 amide bonds. The van der Waals surface area contributed by atoms with Gasteiger partial charge in [0.15, 0.2) is 0 Å². The first kappa shape index (κ1) is 12.8. The molecule has 2 aromatic rings. The van der Waals surface area contributed by atoms with Gasteiger partial charge in [-0.15, -0.1) is 0 Å². The van der Waals surface area contributed by atoms with E-state index in [1.54, 1.807) is 36.0 Å². The monoisotopic (exact) mass is 264 g/mol. The quantitative estimate of drug-likeness (QED) is 0.853. The molecule has 2 rings (SSSR count).